The fraction of sp³-hybridized carbons (Fsp3) is 0.125. The average Bonchev–Trinajstić information content (AvgIpc) is 2.61. The maximum Gasteiger partial charge on any atom is 0.273 e. The Morgan fingerprint density at radius 2 is 1.70 bits per heavy atom. The van der Waals surface area contributed by atoms with Gasteiger partial charge in [-0.1, -0.05) is 35.3 Å². The Kier molecular flexibility index (Phi) is 6.66. The number of hydrogen-bond donors (Lipinski definition) is 4. The first-order valence-corrected chi connectivity index (χ1v) is 9.71. The Bertz CT molecular complexity index is 982. The molecule has 2 aromatic carbocycles. The first-order valence-electron chi connectivity index (χ1n) is 7.47. The summed E-state index contributed by atoms with van der Waals surface area (Å²) < 4.78 is 26.8. The van der Waals surface area contributed by atoms with E-state index in [-0.39, 0.29) is 26.3 Å². The van der Waals surface area contributed by atoms with Crippen molar-refractivity contribution in [2.75, 3.05) is 0 Å². The van der Waals surface area contributed by atoms with Crippen molar-refractivity contribution in [2.24, 2.45) is 0 Å². The summed E-state index contributed by atoms with van der Waals surface area (Å²) in [5.41, 5.74) is 4.12. The van der Waals surface area contributed by atoms with Gasteiger partial charge in [0.1, 0.15) is 5.75 Å². The monoisotopic (exact) mass is 431 g/mol. The van der Waals surface area contributed by atoms with Gasteiger partial charge in [-0.25, -0.2) is 8.42 Å². The number of phenols is 1. The molecule has 2 rings (SSSR count). The number of aromatic hydroxyl groups is 1. The number of para-hydroxylation sites is 1. The predicted octanol–water partition coefficient (Wildman–Crippen LogP) is 1.83. The number of carbonyl (C=O) groups excluding carboxylic acids is 2. The van der Waals surface area contributed by atoms with E-state index in [2.05, 4.69) is 15.6 Å². The molecule has 0 saturated carbocycles. The lowest BCUT2D eigenvalue weighted by Crippen LogP contribution is -2.51. The number of hydrazine groups is 1. The Morgan fingerprint density at radius 1 is 1.04 bits per heavy atom. The van der Waals surface area contributed by atoms with E-state index in [0.717, 1.165) is 6.07 Å². The molecule has 4 N–H and O–H groups in total. The maximum absolute atomic E-state index is 12.3. The standard InChI is InChI=1S/C16H15Cl2N3O5S/c1-9(21-27(25,26)10-6-7-12(17)13(18)8-10)15(23)19-20-16(24)11-4-2-3-5-14(11)22/h2-9,21-22H,1H3,(H,19,23)(H,20,24)/t9-/m1/s1. The Labute approximate surface area is 165 Å². The molecule has 2 aromatic rings. The van der Waals surface area contributed by atoms with Crippen LogP contribution in [0.25, 0.3) is 0 Å². The fourth-order valence-corrected chi connectivity index (χ4v) is 3.55. The third-order valence-corrected chi connectivity index (χ3v) is 5.65. The van der Waals surface area contributed by atoms with Gasteiger partial charge in [0.25, 0.3) is 11.8 Å². The molecule has 0 spiro atoms. The summed E-state index contributed by atoms with van der Waals surface area (Å²) >= 11 is 11.6. The highest BCUT2D eigenvalue weighted by Crippen LogP contribution is 2.24. The summed E-state index contributed by atoms with van der Waals surface area (Å²) in [6.07, 6.45) is 0. The van der Waals surface area contributed by atoms with Gasteiger partial charge < -0.3 is 5.11 Å². The topological polar surface area (TPSA) is 125 Å². The van der Waals surface area contributed by atoms with Crippen LogP contribution in [0.4, 0.5) is 0 Å². The van der Waals surface area contributed by atoms with E-state index in [4.69, 9.17) is 23.2 Å². The van der Waals surface area contributed by atoms with E-state index in [9.17, 15) is 23.1 Å². The molecule has 0 aliphatic heterocycles. The summed E-state index contributed by atoms with van der Waals surface area (Å²) in [5.74, 6) is -1.85. The lowest BCUT2D eigenvalue weighted by molar-refractivity contribution is -0.123. The van der Waals surface area contributed by atoms with Gasteiger partial charge in [-0.05, 0) is 37.3 Å². The summed E-state index contributed by atoms with van der Waals surface area (Å²) in [4.78, 5) is 23.8. The fourth-order valence-electron chi connectivity index (χ4n) is 1.96. The quantitative estimate of drug-likeness (QED) is 0.537. The molecule has 0 bridgehead atoms. The predicted molar refractivity (Wildman–Crippen MR) is 100.0 cm³/mol. The average molecular weight is 432 g/mol. The SMILES string of the molecule is C[C@@H](NS(=O)(=O)c1ccc(Cl)c(Cl)c1)C(=O)NNC(=O)c1ccccc1O. The van der Waals surface area contributed by atoms with Gasteiger partial charge in [-0.2, -0.15) is 4.72 Å². The number of rotatable bonds is 5. The maximum atomic E-state index is 12.3. The van der Waals surface area contributed by atoms with Gasteiger partial charge in [0.2, 0.25) is 10.0 Å². The van der Waals surface area contributed by atoms with Gasteiger partial charge in [0.05, 0.1) is 26.5 Å². The van der Waals surface area contributed by atoms with Crippen LogP contribution >= 0.6 is 23.2 Å². The van der Waals surface area contributed by atoms with E-state index < -0.39 is 27.9 Å². The van der Waals surface area contributed by atoms with Gasteiger partial charge in [0.15, 0.2) is 0 Å². The van der Waals surface area contributed by atoms with E-state index in [0.29, 0.717) is 0 Å². The third-order valence-electron chi connectivity index (χ3n) is 3.37. The molecule has 1 atom stereocenters. The molecule has 0 aliphatic carbocycles. The number of sulfonamides is 1. The molecule has 0 fully saturated rings. The second-order valence-electron chi connectivity index (χ2n) is 5.38. The molecule has 8 nitrogen and oxygen atoms in total. The van der Waals surface area contributed by atoms with Crippen molar-refractivity contribution in [3.63, 3.8) is 0 Å². The second-order valence-corrected chi connectivity index (χ2v) is 7.91. The zero-order chi connectivity index (χ0) is 20.2. The molecule has 11 heteroatoms. The van der Waals surface area contributed by atoms with Crippen molar-refractivity contribution < 1.29 is 23.1 Å². The zero-order valence-electron chi connectivity index (χ0n) is 13.9. The van der Waals surface area contributed by atoms with Crippen LogP contribution in [-0.4, -0.2) is 31.4 Å². The number of amides is 2. The molecule has 0 heterocycles. The van der Waals surface area contributed by atoms with Crippen molar-refractivity contribution in [1.82, 2.24) is 15.6 Å². The molecule has 0 radical (unpaired) electrons. The molecule has 0 unspecified atom stereocenters. The highest BCUT2D eigenvalue weighted by molar-refractivity contribution is 7.89. The summed E-state index contributed by atoms with van der Waals surface area (Å²) in [6, 6.07) is 8.22. The Hall–Kier alpha value is -2.33. The first kappa shape index (κ1) is 21.0. The summed E-state index contributed by atoms with van der Waals surface area (Å²) in [5, 5.41) is 9.83. The highest BCUT2D eigenvalue weighted by atomic mass is 35.5. The molecular formula is C16H15Cl2N3O5S. The summed E-state index contributed by atoms with van der Waals surface area (Å²) in [7, 11) is -4.05. The largest absolute Gasteiger partial charge is 0.507 e. The van der Waals surface area contributed by atoms with Crippen LogP contribution in [0.2, 0.25) is 10.0 Å². The smallest absolute Gasteiger partial charge is 0.273 e. The number of halogens is 2. The van der Waals surface area contributed by atoms with Crippen LogP contribution in [0.15, 0.2) is 47.4 Å². The number of benzene rings is 2. The van der Waals surface area contributed by atoms with Crippen LogP contribution in [0.3, 0.4) is 0 Å². The van der Waals surface area contributed by atoms with Crippen molar-refractivity contribution in [1.29, 1.82) is 0 Å². The van der Waals surface area contributed by atoms with E-state index in [1.54, 1.807) is 0 Å². The van der Waals surface area contributed by atoms with Crippen LogP contribution in [0.5, 0.6) is 5.75 Å². The molecular weight excluding hydrogens is 417 g/mol. The number of carbonyl (C=O) groups is 2. The van der Waals surface area contributed by atoms with Crippen molar-refractivity contribution in [3.05, 3.63) is 58.1 Å². The van der Waals surface area contributed by atoms with Gasteiger partial charge in [0, 0.05) is 0 Å². The molecule has 27 heavy (non-hydrogen) atoms. The molecule has 0 aromatic heterocycles. The third kappa shape index (κ3) is 5.33. The van der Waals surface area contributed by atoms with E-state index in [1.807, 2.05) is 0 Å². The van der Waals surface area contributed by atoms with Crippen LogP contribution in [0, 0.1) is 0 Å². The minimum Gasteiger partial charge on any atom is -0.507 e. The molecule has 144 valence electrons. The van der Waals surface area contributed by atoms with Crippen LogP contribution in [0.1, 0.15) is 17.3 Å². The Balaban J connectivity index is 1.99. The van der Waals surface area contributed by atoms with Gasteiger partial charge in [-0.3, -0.25) is 20.4 Å². The second kappa shape index (κ2) is 8.57. The lowest BCUT2D eigenvalue weighted by atomic mass is 10.2. The highest BCUT2D eigenvalue weighted by Gasteiger charge is 2.23. The van der Waals surface area contributed by atoms with Gasteiger partial charge in [-0.15, -0.1) is 0 Å². The first-order chi connectivity index (χ1) is 12.6. The number of hydrogen-bond acceptors (Lipinski definition) is 5. The Morgan fingerprint density at radius 3 is 2.33 bits per heavy atom. The lowest BCUT2D eigenvalue weighted by Gasteiger charge is -2.15. The van der Waals surface area contributed by atoms with Crippen LogP contribution < -0.4 is 15.6 Å². The molecule has 0 saturated heterocycles. The van der Waals surface area contributed by atoms with E-state index >= 15 is 0 Å². The molecule has 2 amide bonds. The van der Waals surface area contributed by atoms with Crippen molar-refractivity contribution >= 4 is 45.0 Å². The minimum atomic E-state index is -4.05. The van der Waals surface area contributed by atoms with Crippen molar-refractivity contribution in [3.8, 4) is 5.75 Å². The number of nitrogens with one attached hydrogen (secondary N) is 3. The molecule has 0 aliphatic rings. The van der Waals surface area contributed by atoms with E-state index in [1.165, 1.54) is 43.3 Å². The van der Waals surface area contributed by atoms with Crippen molar-refractivity contribution in [2.45, 2.75) is 17.9 Å². The minimum absolute atomic E-state index is 0.0478. The van der Waals surface area contributed by atoms with Crippen LogP contribution in [-0.2, 0) is 14.8 Å². The van der Waals surface area contributed by atoms with Gasteiger partial charge >= 0.3 is 0 Å². The summed E-state index contributed by atoms with van der Waals surface area (Å²) in [6.45, 7) is 1.29. The zero-order valence-corrected chi connectivity index (χ0v) is 16.2. The normalized spacial score (nSPS) is 12.3. The number of phenolic OH excluding ortho intramolecular Hbond substituents is 1.